The summed E-state index contributed by atoms with van der Waals surface area (Å²) in [5.41, 5.74) is 0. The Bertz CT molecular complexity index is 208. The highest BCUT2D eigenvalue weighted by molar-refractivity contribution is 6.87. The van der Waals surface area contributed by atoms with Crippen LogP contribution in [0.15, 0.2) is 0 Å². The summed E-state index contributed by atoms with van der Waals surface area (Å²) >= 11 is 0. The van der Waals surface area contributed by atoms with Crippen LogP contribution >= 0.6 is 0 Å². The highest BCUT2D eigenvalue weighted by Crippen LogP contribution is 2.25. The van der Waals surface area contributed by atoms with E-state index in [1.54, 1.807) is 0 Å². The van der Waals surface area contributed by atoms with Crippen LogP contribution < -0.4 is 5.32 Å². The van der Waals surface area contributed by atoms with Crippen molar-refractivity contribution in [1.82, 2.24) is 5.32 Å². The fourth-order valence-corrected chi connectivity index (χ4v) is 14.5. The molecule has 0 saturated carbocycles. The quantitative estimate of drug-likeness (QED) is 0.550. The van der Waals surface area contributed by atoms with E-state index in [0.717, 1.165) is 19.0 Å². The van der Waals surface area contributed by atoms with Gasteiger partial charge in [0.05, 0.1) is 0 Å². The Morgan fingerprint density at radius 1 is 0.824 bits per heavy atom. The van der Waals surface area contributed by atoms with Gasteiger partial charge in [-0.15, -0.1) is 0 Å². The lowest BCUT2D eigenvalue weighted by atomic mass is 10.5. The second-order valence-electron chi connectivity index (χ2n) is 6.77. The van der Waals surface area contributed by atoms with Crippen molar-refractivity contribution < 1.29 is 8.23 Å². The molecule has 0 unspecified atom stereocenters. The van der Waals surface area contributed by atoms with Crippen molar-refractivity contribution in [2.24, 2.45) is 0 Å². The summed E-state index contributed by atoms with van der Waals surface area (Å²) in [4.78, 5) is 0. The average molecular weight is 294 g/mol. The lowest BCUT2D eigenvalue weighted by Gasteiger charge is -2.38. The molecule has 0 radical (unpaired) electrons. The van der Waals surface area contributed by atoms with E-state index in [1.807, 2.05) is 7.05 Å². The van der Waals surface area contributed by atoms with E-state index in [2.05, 4.69) is 51.1 Å². The van der Waals surface area contributed by atoms with Gasteiger partial charge in [-0.05, 0) is 71.9 Å². The van der Waals surface area contributed by atoms with Gasteiger partial charge >= 0.3 is 8.56 Å². The summed E-state index contributed by atoms with van der Waals surface area (Å²) in [5.74, 6) is 0. The second-order valence-corrected chi connectivity index (χ2v) is 19.6. The highest BCUT2D eigenvalue weighted by Gasteiger charge is 2.39. The molecule has 0 spiro atoms. The van der Waals surface area contributed by atoms with Gasteiger partial charge in [-0.3, -0.25) is 0 Å². The SMILES string of the molecule is CNCCC[Si](C)(O[Si](C)(C)C)O[Si](C)(C)C. The molecule has 0 amide bonds. The molecule has 0 atom stereocenters. The van der Waals surface area contributed by atoms with Crippen molar-refractivity contribution >= 4 is 25.2 Å². The molecule has 0 fully saturated rings. The maximum absolute atomic E-state index is 6.41. The summed E-state index contributed by atoms with van der Waals surface area (Å²) in [6.45, 7) is 16.8. The van der Waals surface area contributed by atoms with Gasteiger partial charge in [0.1, 0.15) is 0 Å². The molecule has 6 heteroatoms. The summed E-state index contributed by atoms with van der Waals surface area (Å²) in [5, 5.41) is 3.20. The van der Waals surface area contributed by atoms with E-state index in [0.29, 0.717) is 0 Å². The minimum absolute atomic E-state index is 1.05. The van der Waals surface area contributed by atoms with Crippen LogP contribution in [0, 0.1) is 0 Å². The normalized spacial score (nSPS) is 14.1. The molecule has 0 saturated heterocycles. The molecule has 0 aromatic carbocycles. The monoisotopic (exact) mass is 293 g/mol. The van der Waals surface area contributed by atoms with Gasteiger partial charge in [0.25, 0.3) is 0 Å². The van der Waals surface area contributed by atoms with Gasteiger partial charge in [0.15, 0.2) is 16.6 Å². The molecular weight excluding hydrogens is 262 g/mol. The molecule has 0 aromatic rings. The van der Waals surface area contributed by atoms with E-state index in [1.165, 1.54) is 0 Å². The predicted octanol–water partition coefficient (Wildman–Crippen LogP) is 3.37. The molecule has 0 aliphatic rings. The molecule has 3 nitrogen and oxygen atoms in total. The van der Waals surface area contributed by atoms with Gasteiger partial charge in [-0.25, -0.2) is 0 Å². The van der Waals surface area contributed by atoms with Crippen LogP contribution in [0.3, 0.4) is 0 Å². The summed E-state index contributed by atoms with van der Waals surface area (Å²) in [7, 11) is -3.00. The van der Waals surface area contributed by atoms with Crippen molar-refractivity contribution in [3.8, 4) is 0 Å². The average Bonchev–Trinajstić information content (AvgIpc) is 1.96. The molecule has 0 heterocycles. The first kappa shape index (κ1) is 17.5. The molecule has 104 valence electrons. The Morgan fingerprint density at radius 3 is 1.53 bits per heavy atom. The molecule has 1 N–H and O–H groups in total. The zero-order chi connectivity index (χ0) is 13.7. The van der Waals surface area contributed by atoms with Crippen LogP contribution in [0.2, 0.25) is 51.9 Å². The summed E-state index contributed by atoms with van der Waals surface area (Å²) < 4.78 is 12.8. The van der Waals surface area contributed by atoms with Crippen molar-refractivity contribution in [1.29, 1.82) is 0 Å². The first-order chi connectivity index (χ1) is 7.47. The molecule has 17 heavy (non-hydrogen) atoms. The minimum Gasteiger partial charge on any atom is -0.437 e. The van der Waals surface area contributed by atoms with Gasteiger partial charge in [0.2, 0.25) is 0 Å². The van der Waals surface area contributed by atoms with E-state index in [4.69, 9.17) is 8.23 Å². The Kier molecular flexibility index (Phi) is 6.83. The number of hydrogen-bond acceptors (Lipinski definition) is 3. The zero-order valence-electron chi connectivity index (χ0n) is 12.9. The number of rotatable bonds is 8. The van der Waals surface area contributed by atoms with Crippen molar-refractivity contribution in [2.45, 2.75) is 58.3 Å². The maximum Gasteiger partial charge on any atom is 0.314 e. The lowest BCUT2D eigenvalue weighted by molar-refractivity contribution is 0.381. The topological polar surface area (TPSA) is 30.5 Å². The standard InChI is InChI=1S/C11H31NO2Si3/c1-12-10-9-11-17(8,13-15(2,3)4)14-16(5,6)7/h12H,9-11H2,1-8H3. The van der Waals surface area contributed by atoms with Crippen LogP contribution in [0.5, 0.6) is 0 Å². The smallest absolute Gasteiger partial charge is 0.314 e. The molecule has 0 bridgehead atoms. The van der Waals surface area contributed by atoms with Gasteiger partial charge in [-0.1, -0.05) is 0 Å². The Morgan fingerprint density at radius 2 is 1.24 bits per heavy atom. The first-order valence-corrected chi connectivity index (χ1v) is 15.9. The van der Waals surface area contributed by atoms with Gasteiger partial charge in [0, 0.05) is 0 Å². The zero-order valence-corrected chi connectivity index (χ0v) is 15.9. The van der Waals surface area contributed by atoms with Crippen molar-refractivity contribution in [3.05, 3.63) is 0 Å². The Hall–Kier alpha value is 0.531. The number of hydrogen-bond donors (Lipinski definition) is 1. The van der Waals surface area contributed by atoms with Crippen molar-refractivity contribution in [3.63, 3.8) is 0 Å². The maximum atomic E-state index is 6.41. The van der Waals surface area contributed by atoms with Crippen LogP contribution in [0.4, 0.5) is 0 Å². The van der Waals surface area contributed by atoms with E-state index >= 15 is 0 Å². The Labute approximate surface area is 111 Å². The van der Waals surface area contributed by atoms with E-state index in [9.17, 15) is 0 Å². The third kappa shape index (κ3) is 10.2. The minimum atomic E-state index is -1.97. The van der Waals surface area contributed by atoms with Gasteiger partial charge < -0.3 is 13.5 Å². The fraction of sp³-hybridized carbons (Fsp3) is 1.00. The third-order valence-electron chi connectivity index (χ3n) is 2.10. The first-order valence-electron chi connectivity index (χ1n) is 6.52. The van der Waals surface area contributed by atoms with Gasteiger partial charge in [-0.2, -0.15) is 0 Å². The van der Waals surface area contributed by atoms with E-state index < -0.39 is 25.2 Å². The largest absolute Gasteiger partial charge is 0.437 e. The third-order valence-corrected chi connectivity index (χ3v) is 11.7. The second kappa shape index (κ2) is 6.63. The van der Waals surface area contributed by atoms with Crippen LogP contribution in [-0.4, -0.2) is 38.8 Å². The summed E-state index contributed by atoms with van der Waals surface area (Å²) in [6, 6.07) is 1.10. The lowest BCUT2D eigenvalue weighted by Crippen LogP contribution is -2.52. The predicted molar refractivity (Wildman–Crippen MR) is 83.8 cm³/mol. The van der Waals surface area contributed by atoms with E-state index in [-0.39, 0.29) is 0 Å². The number of nitrogens with one attached hydrogen (secondary N) is 1. The summed E-state index contributed by atoms with van der Waals surface area (Å²) in [6.07, 6.45) is 1.15. The Balaban J connectivity index is 4.57. The van der Waals surface area contributed by atoms with Crippen molar-refractivity contribution in [2.75, 3.05) is 13.6 Å². The molecule has 0 aliphatic carbocycles. The molecular formula is C11H31NO2Si3. The van der Waals surface area contributed by atoms with Crippen LogP contribution in [0.25, 0.3) is 0 Å². The highest BCUT2D eigenvalue weighted by atomic mass is 28.5. The van der Waals surface area contributed by atoms with Crippen LogP contribution in [0.1, 0.15) is 6.42 Å². The van der Waals surface area contributed by atoms with Crippen LogP contribution in [-0.2, 0) is 8.23 Å². The molecule has 0 aromatic heterocycles. The fourth-order valence-electron chi connectivity index (χ4n) is 2.00. The molecule has 0 rings (SSSR count). The molecule has 0 aliphatic heterocycles.